The second-order valence-electron chi connectivity index (χ2n) is 4.35. The van der Waals surface area contributed by atoms with Crippen LogP contribution in [0, 0.1) is 0 Å². The molecule has 1 atom stereocenters. The van der Waals surface area contributed by atoms with Gasteiger partial charge in [-0.1, -0.05) is 30.3 Å². The predicted molar refractivity (Wildman–Crippen MR) is 68.0 cm³/mol. The zero-order valence-corrected chi connectivity index (χ0v) is 10.8. The Morgan fingerprint density at radius 3 is 2.63 bits per heavy atom. The summed E-state index contributed by atoms with van der Waals surface area (Å²) in [6, 6.07) is 9.55. The molecule has 5 nitrogen and oxygen atoms in total. The summed E-state index contributed by atoms with van der Waals surface area (Å²) in [5.74, 6) is -0.455. The van der Waals surface area contributed by atoms with Crippen LogP contribution in [0.5, 0.6) is 0 Å². The molecule has 0 saturated heterocycles. The molecule has 0 aromatic heterocycles. The van der Waals surface area contributed by atoms with Crippen LogP contribution in [0.4, 0.5) is 4.79 Å². The van der Waals surface area contributed by atoms with E-state index >= 15 is 0 Å². The van der Waals surface area contributed by atoms with Gasteiger partial charge in [0.15, 0.2) is 0 Å². The van der Waals surface area contributed by atoms with E-state index in [2.05, 4.69) is 0 Å². The number of ether oxygens (including phenoxy) is 2. The fraction of sp³-hybridized carbons (Fsp3) is 0.286. The Morgan fingerprint density at radius 2 is 2.05 bits per heavy atom. The van der Waals surface area contributed by atoms with Crippen molar-refractivity contribution in [3.8, 4) is 0 Å². The maximum Gasteiger partial charge on any atom is 0.413 e. The molecule has 1 aromatic rings. The number of nitrogens with zero attached hydrogens (tertiary/aromatic N) is 1. The van der Waals surface area contributed by atoms with Gasteiger partial charge in [-0.3, -0.25) is 0 Å². The van der Waals surface area contributed by atoms with Crippen LogP contribution in [0.1, 0.15) is 12.5 Å². The van der Waals surface area contributed by atoms with E-state index in [1.54, 1.807) is 14.0 Å². The smallest absolute Gasteiger partial charge is 0.413 e. The van der Waals surface area contributed by atoms with Crippen LogP contribution in [0.25, 0.3) is 0 Å². The lowest BCUT2D eigenvalue weighted by molar-refractivity contribution is -0.152. The SMILES string of the molecule is CC1=CC(OC(=O)N(C)Cc2ccccc2)OC1=O. The Labute approximate surface area is 111 Å². The highest BCUT2D eigenvalue weighted by atomic mass is 16.7. The minimum Gasteiger partial charge on any atom is -0.418 e. The van der Waals surface area contributed by atoms with Crippen LogP contribution in [0.15, 0.2) is 42.0 Å². The molecule has 0 N–H and O–H groups in total. The highest BCUT2D eigenvalue weighted by Gasteiger charge is 2.26. The summed E-state index contributed by atoms with van der Waals surface area (Å²) in [4.78, 5) is 24.4. The van der Waals surface area contributed by atoms with E-state index in [0.717, 1.165) is 5.56 Å². The van der Waals surface area contributed by atoms with Crippen molar-refractivity contribution in [2.45, 2.75) is 19.8 Å². The van der Waals surface area contributed by atoms with Crippen molar-refractivity contribution in [1.82, 2.24) is 4.90 Å². The van der Waals surface area contributed by atoms with Gasteiger partial charge in [-0.15, -0.1) is 0 Å². The fourth-order valence-electron chi connectivity index (χ4n) is 1.67. The molecule has 0 radical (unpaired) electrons. The van der Waals surface area contributed by atoms with Crippen molar-refractivity contribution in [3.05, 3.63) is 47.5 Å². The van der Waals surface area contributed by atoms with E-state index in [9.17, 15) is 9.59 Å². The average molecular weight is 261 g/mol. The molecule has 19 heavy (non-hydrogen) atoms. The molecule has 1 amide bonds. The molecular formula is C14H15NO4. The summed E-state index contributed by atoms with van der Waals surface area (Å²) < 4.78 is 9.90. The van der Waals surface area contributed by atoms with Gasteiger partial charge in [0.25, 0.3) is 6.29 Å². The second-order valence-corrected chi connectivity index (χ2v) is 4.35. The third-order valence-corrected chi connectivity index (χ3v) is 2.72. The largest absolute Gasteiger partial charge is 0.418 e. The molecule has 1 aliphatic rings. The van der Waals surface area contributed by atoms with E-state index in [0.29, 0.717) is 12.1 Å². The fourth-order valence-corrected chi connectivity index (χ4v) is 1.67. The number of esters is 1. The number of carbonyl (C=O) groups excluding carboxylic acids is 2. The van der Waals surface area contributed by atoms with Crippen molar-refractivity contribution in [2.75, 3.05) is 7.05 Å². The van der Waals surface area contributed by atoms with E-state index in [4.69, 9.17) is 9.47 Å². The highest BCUT2D eigenvalue weighted by Crippen LogP contribution is 2.15. The highest BCUT2D eigenvalue weighted by molar-refractivity contribution is 5.90. The van der Waals surface area contributed by atoms with Crippen molar-refractivity contribution in [3.63, 3.8) is 0 Å². The quantitative estimate of drug-likeness (QED) is 0.782. The van der Waals surface area contributed by atoms with Gasteiger partial charge in [0.1, 0.15) is 0 Å². The minimum absolute atomic E-state index is 0.434. The zero-order chi connectivity index (χ0) is 13.8. The van der Waals surface area contributed by atoms with Gasteiger partial charge in [0, 0.05) is 25.2 Å². The topological polar surface area (TPSA) is 55.8 Å². The maximum atomic E-state index is 11.8. The number of hydrogen-bond donors (Lipinski definition) is 0. The number of carbonyl (C=O) groups is 2. The molecule has 0 saturated carbocycles. The molecule has 5 heteroatoms. The standard InChI is InChI=1S/C14H15NO4/c1-10-8-12(18-13(10)16)19-14(17)15(2)9-11-6-4-3-5-7-11/h3-8,12H,9H2,1-2H3. The molecule has 0 aliphatic carbocycles. The lowest BCUT2D eigenvalue weighted by atomic mass is 10.2. The van der Waals surface area contributed by atoms with Gasteiger partial charge in [-0.05, 0) is 12.5 Å². The van der Waals surface area contributed by atoms with Gasteiger partial charge in [0.2, 0.25) is 0 Å². The Bertz CT molecular complexity index is 509. The average Bonchev–Trinajstić information content (AvgIpc) is 2.69. The number of hydrogen-bond acceptors (Lipinski definition) is 4. The van der Waals surface area contributed by atoms with Crippen LogP contribution in [-0.2, 0) is 20.8 Å². The Morgan fingerprint density at radius 1 is 1.37 bits per heavy atom. The van der Waals surface area contributed by atoms with E-state index in [-0.39, 0.29) is 0 Å². The third kappa shape index (κ3) is 3.34. The summed E-state index contributed by atoms with van der Waals surface area (Å²) in [5.41, 5.74) is 1.45. The number of cyclic esters (lactones) is 1. The lowest BCUT2D eigenvalue weighted by Crippen LogP contribution is -2.30. The first-order valence-corrected chi connectivity index (χ1v) is 5.91. The van der Waals surface area contributed by atoms with Crippen LogP contribution in [0.2, 0.25) is 0 Å². The van der Waals surface area contributed by atoms with Gasteiger partial charge in [-0.25, -0.2) is 9.59 Å². The van der Waals surface area contributed by atoms with Gasteiger partial charge in [-0.2, -0.15) is 0 Å². The first kappa shape index (κ1) is 13.1. The monoisotopic (exact) mass is 261 g/mol. The van der Waals surface area contributed by atoms with Gasteiger partial charge < -0.3 is 14.4 Å². The van der Waals surface area contributed by atoms with E-state index in [1.165, 1.54) is 11.0 Å². The minimum atomic E-state index is -0.918. The molecule has 0 bridgehead atoms. The summed E-state index contributed by atoms with van der Waals surface area (Å²) in [6.07, 6.45) is 0.0298. The molecular weight excluding hydrogens is 246 g/mol. The summed E-state index contributed by atoms with van der Waals surface area (Å²) >= 11 is 0. The normalized spacial score (nSPS) is 17.7. The Balaban J connectivity index is 1.88. The summed E-state index contributed by atoms with van der Waals surface area (Å²) in [6.45, 7) is 2.05. The number of benzene rings is 1. The van der Waals surface area contributed by atoms with Gasteiger partial charge in [0.05, 0.1) is 0 Å². The third-order valence-electron chi connectivity index (χ3n) is 2.72. The van der Waals surface area contributed by atoms with Gasteiger partial charge >= 0.3 is 12.1 Å². The van der Waals surface area contributed by atoms with E-state index < -0.39 is 18.4 Å². The van der Waals surface area contributed by atoms with Crippen molar-refractivity contribution >= 4 is 12.1 Å². The first-order chi connectivity index (χ1) is 9.06. The summed E-state index contributed by atoms with van der Waals surface area (Å²) in [5, 5.41) is 0. The summed E-state index contributed by atoms with van der Waals surface area (Å²) in [7, 11) is 1.63. The number of rotatable bonds is 3. The molecule has 0 fully saturated rings. The first-order valence-electron chi connectivity index (χ1n) is 5.91. The second kappa shape index (κ2) is 5.56. The molecule has 100 valence electrons. The predicted octanol–water partition coefficient (Wildman–Crippen LogP) is 2.08. The van der Waals surface area contributed by atoms with E-state index in [1.807, 2.05) is 30.3 Å². The Kier molecular flexibility index (Phi) is 3.85. The van der Waals surface area contributed by atoms with Crippen LogP contribution >= 0.6 is 0 Å². The zero-order valence-electron chi connectivity index (χ0n) is 10.8. The van der Waals surface area contributed by atoms with Crippen LogP contribution < -0.4 is 0 Å². The molecule has 2 rings (SSSR count). The van der Waals surface area contributed by atoms with Crippen LogP contribution in [-0.4, -0.2) is 30.3 Å². The molecule has 1 unspecified atom stereocenters. The number of amides is 1. The van der Waals surface area contributed by atoms with Crippen molar-refractivity contribution < 1.29 is 19.1 Å². The maximum absolute atomic E-state index is 11.8. The van der Waals surface area contributed by atoms with Crippen molar-refractivity contribution in [1.29, 1.82) is 0 Å². The lowest BCUT2D eigenvalue weighted by Gasteiger charge is -2.18. The molecule has 0 spiro atoms. The van der Waals surface area contributed by atoms with Crippen LogP contribution in [0.3, 0.4) is 0 Å². The molecule has 1 aliphatic heterocycles. The van der Waals surface area contributed by atoms with Crippen molar-refractivity contribution in [2.24, 2.45) is 0 Å². The molecule has 1 heterocycles. The molecule has 1 aromatic carbocycles. The Hall–Kier alpha value is -2.30.